The van der Waals surface area contributed by atoms with E-state index >= 15 is 0 Å². The Labute approximate surface area is 152 Å². The van der Waals surface area contributed by atoms with Gasteiger partial charge in [-0.3, -0.25) is 0 Å². The first-order valence-electron chi connectivity index (χ1n) is 8.46. The zero-order valence-corrected chi connectivity index (χ0v) is 14.8. The third-order valence-corrected chi connectivity index (χ3v) is 4.46. The van der Waals surface area contributed by atoms with Gasteiger partial charge in [-0.15, -0.1) is 0 Å². The van der Waals surface area contributed by atoms with Crippen LogP contribution in [0.3, 0.4) is 0 Å². The van der Waals surface area contributed by atoms with Crippen LogP contribution in [-0.2, 0) is 6.42 Å². The molecule has 6 heteroatoms. The summed E-state index contributed by atoms with van der Waals surface area (Å²) in [6, 6.07) is 15.9. The van der Waals surface area contributed by atoms with Gasteiger partial charge < -0.3 is 19.7 Å². The third-order valence-electron chi connectivity index (χ3n) is 4.46. The van der Waals surface area contributed by atoms with Crippen molar-refractivity contribution in [2.45, 2.75) is 6.42 Å². The molecule has 0 unspecified atom stereocenters. The molecule has 1 aliphatic heterocycles. The number of nitrogens with one attached hydrogen (secondary N) is 1. The molecule has 2 aromatic carbocycles. The highest BCUT2D eigenvalue weighted by atomic mass is 16.5. The fourth-order valence-corrected chi connectivity index (χ4v) is 3.17. The second kappa shape index (κ2) is 6.92. The molecule has 26 heavy (non-hydrogen) atoms. The smallest absolute Gasteiger partial charge is 0.229 e. The molecule has 132 valence electrons. The average molecular weight is 348 g/mol. The van der Waals surface area contributed by atoms with Crippen molar-refractivity contribution < 1.29 is 9.47 Å². The number of para-hydroxylation sites is 1. The fourth-order valence-electron chi connectivity index (χ4n) is 3.17. The van der Waals surface area contributed by atoms with Gasteiger partial charge in [-0.25, -0.2) is 4.98 Å². The van der Waals surface area contributed by atoms with Gasteiger partial charge in [-0.2, -0.15) is 4.98 Å². The lowest BCUT2D eigenvalue weighted by atomic mass is 10.2. The van der Waals surface area contributed by atoms with E-state index in [9.17, 15) is 0 Å². The lowest BCUT2D eigenvalue weighted by molar-refractivity contribution is 0.405. The molecule has 0 spiro atoms. The number of hydrogen-bond acceptors (Lipinski definition) is 6. The number of benzene rings is 2. The molecule has 0 bridgehead atoms. The minimum absolute atomic E-state index is 0.512. The van der Waals surface area contributed by atoms with Crippen LogP contribution >= 0.6 is 0 Å². The number of fused-ring (bicyclic) bond motifs is 1. The largest absolute Gasteiger partial charge is 0.497 e. The molecular weight excluding hydrogens is 328 g/mol. The van der Waals surface area contributed by atoms with Gasteiger partial charge in [0.15, 0.2) is 0 Å². The number of anilines is 4. The average Bonchev–Trinajstić information content (AvgIpc) is 3.12. The Balaban J connectivity index is 1.63. The van der Waals surface area contributed by atoms with E-state index < -0.39 is 0 Å². The van der Waals surface area contributed by atoms with Crippen molar-refractivity contribution in [1.82, 2.24) is 9.97 Å². The van der Waals surface area contributed by atoms with Gasteiger partial charge >= 0.3 is 0 Å². The molecule has 0 fully saturated rings. The molecule has 1 N–H and O–H groups in total. The summed E-state index contributed by atoms with van der Waals surface area (Å²) in [6.07, 6.45) is 2.78. The van der Waals surface area contributed by atoms with Crippen LogP contribution in [0.2, 0.25) is 0 Å². The Kier molecular flexibility index (Phi) is 4.31. The highest BCUT2D eigenvalue weighted by Gasteiger charge is 2.21. The number of aromatic nitrogens is 2. The van der Waals surface area contributed by atoms with Crippen molar-refractivity contribution in [3.05, 3.63) is 60.3 Å². The van der Waals surface area contributed by atoms with Crippen molar-refractivity contribution >= 4 is 23.1 Å². The first kappa shape index (κ1) is 16.2. The number of methoxy groups -OCH3 is 2. The zero-order valence-electron chi connectivity index (χ0n) is 14.8. The summed E-state index contributed by atoms with van der Waals surface area (Å²) in [5, 5.41) is 3.23. The maximum Gasteiger partial charge on any atom is 0.229 e. The van der Waals surface area contributed by atoms with Crippen LogP contribution in [0.15, 0.2) is 54.7 Å². The Bertz CT molecular complexity index is 929. The molecule has 1 aromatic heterocycles. The minimum atomic E-state index is 0.512. The molecule has 6 nitrogen and oxygen atoms in total. The quantitative estimate of drug-likeness (QED) is 0.754. The van der Waals surface area contributed by atoms with Crippen molar-refractivity contribution in [3.63, 3.8) is 0 Å². The number of hydrogen-bond donors (Lipinski definition) is 1. The van der Waals surface area contributed by atoms with Crippen molar-refractivity contribution in [1.29, 1.82) is 0 Å². The Morgan fingerprint density at radius 3 is 2.77 bits per heavy atom. The number of ether oxygens (including phenoxy) is 2. The molecular formula is C20H20N4O2. The molecule has 0 saturated carbocycles. The van der Waals surface area contributed by atoms with Crippen LogP contribution in [-0.4, -0.2) is 30.7 Å². The van der Waals surface area contributed by atoms with Crippen LogP contribution < -0.4 is 19.7 Å². The second-order valence-electron chi connectivity index (χ2n) is 5.96. The van der Waals surface area contributed by atoms with E-state index in [4.69, 9.17) is 9.47 Å². The first-order chi connectivity index (χ1) is 12.8. The van der Waals surface area contributed by atoms with Crippen LogP contribution in [0.25, 0.3) is 0 Å². The maximum absolute atomic E-state index is 5.41. The topological polar surface area (TPSA) is 59.5 Å². The summed E-state index contributed by atoms with van der Waals surface area (Å²) in [5.41, 5.74) is 3.30. The molecule has 0 atom stereocenters. The van der Waals surface area contributed by atoms with Gasteiger partial charge in [-0.1, -0.05) is 18.2 Å². The maximum atomic E-state index is 5.41. The van der Waals surface area contributed by atoms with E-state index in [0.717, 1.165) is 30.2 Å². The lowest BCUT2D eigenvalue weighted by Crippen LogP contribution is -2.15. The van der Waals surface area contributed by atoms with E-state index in [1.165, 1.54) is 11.3 Å². The predicted molar refractivity (Wildman–Crippen MR) is 102 cm³/mol. The summed E-state index contributed by atoms with van der Waals surface area (Å²) in [5.74, 6) is 2.82. The Morgan fingerprint density at radius 1 is 1.04 bits per heavy atom. The van der Waals surface area contributed by atoms with E-state index in [2.05, 4.69) is 44.5 Å². The fraction of sp³-hybridized carbons (Fsp3) is 0.200. The van der Waals surface area contributed by atoms with Crippen molar-refractivity contribution in [2.24, 2.45) is 0 Å². The van der Waals surface area contributed by atoms with E-state index in [-0.39, 0.29) is 0 Å². The molecule has 0 radical (unpaired) electrons. The van der Waals surface area contributed by atoms with Gasteiger partial charge in [0.1, 0.15) is 17.3 Å². The normalized spacial score (nSPS) is 12.6. The number of nitrogens with zero attached hydrogens (tertiary/aromatic N) is 3. The molecule has 0 amide bonds. The van der Waals surface area contributed by atoms with Gasteiger partial charge in [0.25, 0.3) is 0 Å². The minimum Gasteiger partial charge on any atom is -0.497 e. The van der Waals surface area contributed by atoms with Crippen LogP contribution in [0.5, 0.6) is 11.5 Å². The highest BCUT2D eigenvalue weighted by Crippen LogP contribution is 2.34. The monoisotopic (exact) mass is 348 g/mol. The Hall–Kier alpha value is -3.28. The van der Waals surface area contributed by atoms with Gasteiger partial charge in [0.2, 0.25) is 5.95 Å². The van der Waals surface area contributed by atoms with Gasteiger partial charge in [0.05, 0.1) is 19.9 Å². The predicted octanol–water partition coefficient (Wildman–Crippen LogP) is 3.93. The van der Waals surface area contributed by atoms with Crippen LogP contribution in [0.4, 0.5) is 23.1 Å². The standard InChI is InChI=1S/C20H20N4O2/c1-25-15-7-8-18(26-2)16(13-15)22-20-21-11-9-19(23-20)24-12-10-14-5-3-4-6-17(14)24/h3-9,11,13H,10,12H2,1-2H3,(H,21,22,23). The van der Waals surface area contributed by atoms with Gasteiger partial charge in [-0.05, 0) is 36.2 Å². The third kappa shape index (κ3) is 3.01. The van der Waals surface area contributed by atoms with E-state index in [1.807, 2.05) is 24.3 Å². The SMILES string of the molecule is COc1ccc(OC)c(Nc2nccc(N3CCc4ccccc43)n2)c1. The second-order valence-corrected chi connectivity index (χ2v) is 5.96. The summed E-state index contributed by atoms with van der Waals surface area (Å²) in [7, 11) is 3.26. The van der Waals surface area contributed by atoms with Crippen LogP contribution in [0, 0.1) is 0 Å². The molecule has 0 saturated heterocycles. The lowest BCUT2D eigenvalue weighted by Gasteiger charge is -2.19. The summed E-state index contributed by atoms with van der Waals surface area (Å²) < 4.78 is 10.7. The molecule has 1 aliphatic rings. The first-order valence-corrected chi connectivity index (χ1v) is 8.46. The zero-order chi connectivity index (χ0) is 17.9. The Morgan fingerprint density at radius 2 is 1.92 bits per heavy atom. The van der Waals surface area contributed by atoms with Crippen molar-refractivity contribution in [2.75, 3.05) is 31.0 Å². The molecule has 0 aliphatic carbocycles. The summed E-state index contributed by atoms with van der Waals surface area (Å²) in [4.78, 5) is 11.2. The summed E-state index contributed by atoms with van der Waals surface area (Å²) in [6.45, 7) is 0.915. The van der Waals surface area contributed by atoms with Gasteiger partial charge in [0, 0.05) is 24.5 Å². The molecule has 4 rings (SSSR count). The van der Waals surface area contributed by atoms with Crippen molar-refractivity contribution in [3.8, 4) is 11.5 Å². The molecule has 3 aromatic rings. The van der Waals surface area contributed by atoms with E-state index in [1.54, 1.807) is 20.4 Å². The molecule has 2 heterocycles. The summed E-state index contributed by atoms with van der Waals surface area (Å²) >= 11 is 0. The van der Waals surface area contributed by atoms with Crippen LogP contribution in [0.1, 0.15) is 5.56 Å². The highest BCUT2D eigenvalue weighted by molar-refractivity contribution is 5.69. The van der Waals surface area contributed by atoms with E-state index in [0.29, 0.717) is 11.7 Å². The number of rotatable bonds is 5.